The summed E-state index contributed by atoms with van der Waals surface area (Å²) in [6, 6.07) is 4.51. The minimum atomic E-state index is -0.531. The highest BCUT2D eigenvalue weighted by atomic mass is 35.5. The molecule has 0 radical (unpaired) electrons. The van der Waals surface area contributed by atoms with Gasteiger partial charge in [0.25, 0.3) is 0 Å². The molecule has 2 aromatic rings. The zero-order valence-corrected chi connectivity index (χ0v) is 11.5. The molecule has 0 spiro atoms. The fraction of sp³-hybridized carbons (Fsp3) is 0.154. The quantitative estimate of drug-likeness (QED) is 0.669. The van der Waals surface area contributed by atoms with Gasteiger partial charge in [-0.25, -0.2) is 4.39 Å². The van der Waals surface area contributed by atoms with E-state index in [9.17, 15) is 9.18 Å². The van der Waals surface area contributed by atoms with Crippen LogP contribution in [0.5, 0.6) is 0 Å². The number of rotatable bonds is 2. The van der Waals surface area contributed by atoms with E-state index < -0.39 is 5.82 Å². The number of benzene rings is 1. The molecule has 2 N–H and O–H groups in total. The Kier molecular flexibility index (Phi) is 3.41. The van der Waals surface area contributed by atoms with E-state index in [-0.39, 0.29) is 11.3 Å². The molecule has 0 atom stereocenters. The van der Waals surface area contributed by atoms with Gasteiger partial charge < -0.3 is 5.73 Å². The number of nitrogen functional groups attached to an aromatic ring is 1. The van der Waals surface area contributed by atoms with Gasteiger partial charge in [0.15, 0.2) is 0 Å². The second-order valence-corrected chi connectivity index (χ2v) is 5.75. The number of nitrogens with two attached hydrogens (primary N) is 1. The van der Waals surface area contributed by atoms with Crippen LogP contribution in [0.15, 0.2) is 18.2 Å². The number of thiophene rings is 1. The normalized spacial score (nSPS) is 10.7. The third-order valence-corrected chi connectivity index (χ3v) is 4.16. The van der Waals surface area contributed by atoms with Crippen LogP contribution in [0.1, 0.15) is 26.4 Å². The second-order valence-electron chi connectivity index (χ2n) is 4.10. The lowest BCUT2D eigenvalue weighted by Crippen LogP contribution is -2.05. The highest BCUT2D eigenvalue weighted by molar-refractivity contribution is 7.18. The summed E-state index contributed by atoms with van der Waals surface area (Å²) in [6.07, 6.45) is 0. The van der Waals surface area contributed by atoms with Crippen molar-refractivity contribution >= 4 is 34.4 Å². The van der Waals surface area contributed by atoms with E-state index in [0.29, 0.717) is 20.5 Å². The highest BCUT2D eigenvalue weighted by Gasteiger charge is 2.19. The fourth-order valence-corrected chi connectivity index (χ4v) is 2.82. The smallest absolute Gasteiger partial charge is 0.206 e. The molecule has 94 valence electrons. The lowest BCUT2D eigenvalue weighted by Gasteiger charge is -2.05. The summed E-state index contributed by atoms with van der Waals surface area (Å²) in [5.74, 6) is -0.917. The number of hydrogen-bond acceptors (Lipinski definition) is 3. The average molecular weight is 284 g/mol. The monoisotopic (exact) mass is 283 g/mol. The molecular weight excluding hydrogens is 273 g/mol. The standard InChI is InChI=1S/C13H11ClFNOS/c1-6-3-8(16)5-9(11(6)15)12(17)10-4-7(2)13(14)18-10/h3-5H,16H2,1-2H3. The Morgan fingerprint density at radius 2 is 1.94 bits per heavy atom. The molecule has 0 unspecified atom stereocenters. The van der Waals surface area contributed by atoms with E-state index in [1.807, 2.05) is 0 Å². The van der Waals surface area contributed by atoms with Gasteiger partial charge in [0, 0.05) is 5.69 Å². The molecule has 2 nitrogen and oxygen atoms in total. The Hall–Kier alpha value is -1.39. The molecule has 0 amide bonds. The number of carbonyl (C=O) groups excluding carboxylic acids is 1. The summed E-state index contributed by atoms with van der Waals surface area (Å²) in [7, 11) is 0. The molecular formula is C13H11ClFNOS. The Labute approximate surface area is 113 Å². The predicted molar refractivity (Wildman–Crippen MR) is 73.0 cm³/mol. The van der Waals surface area contributed by atoms with Crippen molar-refractivity contribution < 1.29 is 9.18 Å². The number of hydrogen-bond donors (Lipinski definition) is 1. The molecule has 0 fully saturated rings. The number of ketones is 1. The van der Waals surface area contributed by atoms with E-state index >= 15 is 0 Å². The molecule has 0 saturated heterocycles. The molecule has 18 heavy (non-hydrogen) atoms. The van der Waals surface area contributed by atoms with E-state index in [4.69, 9.17) is 17.3 Å². The first-order valence-corrected chi connectivity index (χ1v) is 6.46. The van der Waals surface area contributed by atoms with E-state index in [1.165, 1.54) is 12.1 Å². The first-order valence-electron chi connectivity index (χ1n) is 5.26. The van der Waals surface area contributed by atoms with Gasteiger partial charge in [0.1, 0.15) is 5.82 Å². The maximum atomic E-state index is 13.9. The summed E-state index contributed by atoms with van der Waals surface area (Å²) in [5.41, 5.74) is 7.17. The van der Waals surface area contributed by atoms with Gasteiger partial charge in [-0.1, -0.05) is 11.6 Å². The number of carbonyl (C=O) groups is 1. The SMILES string of the molecule is Cc1cc(C(=O)c2cc(N)cc(C)c2F)sc1Cl. The first kappa shape index (κ1) is 13.1. The topological polar surface area (TPSA) is 43.1 Å². The third-order valence-electron chi connectivity index (χ3n) is 2.60. The van der Waals surface area contributed by atoms with Gasteiger partial charge in [-0.3, -0.25) is 4.79 Å². The summed E-state index contributed by atoms with van der Waals surface area (Å²) >= 11 is 7.06. The van der Waals surface area contributed by atoms with Crippen molar-refractivity contribution in [3.8, 4) is 0 Å². The van der Waals surface area contributed by atoms with Crippen LogP contribution in [0.25, 0.3) is 0 Å². The van der Waals surface area contributed by atoms with Gasteiger partial charge in [-0.05, 0) is 43.2 Å². The van der Waals surface area contributed by atoms with Crippen LogP contribution in [0.4, 0.5) is 10.1 Å². The molecule has 0 aliphatic carbocycles. The van der Waals surface area contributed by atoms with E-state index in [0.717, 1.165) is 16.9 Å². The third kappa shape index (κ3) is 2.26. The summed E-state index contributed by atoms with van der Waals surface area (Å²) in [5, 5.41) is 0. The minimum absolute atomic E-state index is 0.00887. The maximum Gasteiger partial charge on any atom is 0.206 e. The Morgan fingerprint density at radius 1 is 1.28 bits per heavy atom. The number of aryl methyl sites for hydroxylation is 2. The van der Waals surface area contributed by atoms with Crippen molar-refractivity contribution in [3.63, 3.8) is 0 Å². The zero-order chi connectivity index (χ0) is 13.4. The lowest BCUT2D eigenvalue weighted by molar-refractivity contribution is 0.103. The lowest BCUT2D eigenvalue weighted by atomic mass is 10.0. The molecule has 5 heteroatoms. The molecule has 0 bridgehead atoms. The van der Waals surface area contributed by atoms with E-state index in [2.05, 4.69) is 0 Å². The van der Waals surface area contributed by atoms with E-state index in [1.54, 1.807) is 19.9 Å². The van der Waals surface area contributed by atoms with Gasteiger partial charge in [0.2, 0.25) is 5.78 Å². The van der Waals surface area contributed by atoms with Gasteiger partial charge in [0.05, 0.1) is 14.8 Å². The molecule has 0 aliphatic heterocycles. The highest BCUT2D eigenvalue weighted by Crippen LogP contribution is 2.30. The maximum absolute atomic E-state index is 13.9. The van der Waals surface area contributed by atoms with Crippen molar-refractivity contribution in [3.05, 3.63) is 49.9 Å². The van der Waals surface area contributed by atoms with Gasteiger partial charge in [-0.2, -0.15) is 0 Å². The summed E-state index contributed by atoms with van der Waals surface area (Å²) in [6.45, 7) is 3.38. The summed E-state index contributed by atoms with van der Waals surface area (Å²) in [4.78, 5) is 12.6. The van der Waals surface area contributed by atoms with Crippen LogP contribution in [-0.4, -0.2) is 5.78 Å². The Balaban J connectivity index is 2.52. The molecule has 0 aliphatic rings. The van der Waals surface area contributed by atoms with Crippen LogP contribution >= 0.6 is 22.9 Å². The van der Waals surface area contributed by atoms with Crippen LogP contribution < -0.4 is 5.73 Å². The van der Waals surface area contributed by atoms with Crippen LogP contribution in [-0.2, 0) is 0 Å². The molecule has 1 aromatic carbocycles. The average Bonchev–Trinajstić information content (AvgIpc) is 2.63. The molecule has 1 aromatic heterocycles. The fourth-order valence-electron chi connectivity index (χ4n) is 1.67. The predicted octanol–water partition coefficient (Wildman–Crippen LogP) is 3.97. The van der Waals surface area contributed by atoms with Crippen molar-refractivity contribution in [1.82, 2.24) is 0 Å². The Bertz CT molecular complexity index is 617. The van der Waals surface area contributed by atoms with Crippen molar-refractivity contribution in [1.29, 1.82) is 0 Å². The Morgan fingerprint density at radius 3 is 2.50 bits per heavy atom. The van der Waals surface area contributed by atoms with Gasteiger partial charge >= 0.3 is 0 Å². The number of halogens is 2. The van der Waals surface area contributed by atoms with Crippen LogP contribution in [0.2, 0.25) is 4.34 Å². The minimum Gasteiger partial charge on any atom is -0.399 e. The molecule has 0 saturated carbocycles. The largest absolute Gasteiger partial charge is 0.399 e. The summed E-state index contributed by atoms with van der Waals surface area (Å²) < 4.78 is 14.5. The second kappa shape index (κ2) is 4.71. The van der Waals surface area contributed by atoms with Crippen LogP contribution in [0.3, 0.4) is 0 Å². The van der Waals surface area contributed by atoms with Crippen molar-refractivity contribution in [2.24, 2.45) is 0 Å². The van der Waals surface area contributed by atoms with Crippen molar-refractivity contribution in [2.75, 3.05) is 5.73 Å². The number of anilines is 1. The zero-order valence-electron chi connectivity index (χ0n) is 9.88. The first-order chi connectivity index (χ1) is 8.40. The molecule has 2 rings (SSSR count). The van der Waals surface area contributed by atoms with Gasteiger partial charge in [-0.15, -0.1) is 11.3 Å². The van der Waals surface area contributed by atoms with Crippen LogP contribution in [0, 0.1) is 19.7 Å². The molecule has 1 heterocycles. The van der Waals surface area contributed by atoms with Crippen molar-refractivity contribution in [2.45, 2.75) is 13.8 Å².